The third-order valence-electron chi connectivity index (χ3n) is 2.66. The van der Waals surface area contributed by atoms with Crippen molar-refractivity contribution >= 4 is 11.6 Å². The lowest BCUT2D eigenvalue weighted by atomic mass is 10.1. The van der Waals surface area contributed by atoms with Gasteiger partial charge in [-0.3, -0.25) is 0 Å². The van der Waals surface area contributed by atoms with Gasteiger partial charge in [0.25, 0.3) is 0 Å². The van der Waals surface area contributed by atoms with Crippen LogP contribution < -0.4 is 11.1 Å². The average Bonchev–Trinajstić information content (AvgIpc) is 2.34. The van der Waals surface area contributed by atoms with Gasteiger partial charge in [-0.25, -0.2) is 9.97 Å². The minimum absolute atomic E-state index is 0.0184. The molecule has 0 aliphatic heterocycles. The lowest BCUT2D eigenvalue weighted by molar-refractivity contribution is 0.170. The summed E-state index contributed by atoms with van der Waals surface area (Å²) in [6.45, 7) is 2.69. The van der Waals surface area contributed by atoms with Crippen LogP contribution in [0.1, 0.15) is 25.3 Å². The smallest absolute Gasteiger partial charge is 0.135 e. The fourth-order valence-electron chi connectivity index (χ4n) is 1.79. The van der Waals surface area contributed by atoms with Crippen LogP contribution in [0, 0.1) is 0 Å². The zero-order chi connectivity index (χ0) is 13.4. The van der Waals surface area contributed by atoms with Crippen molar-refractivity contribution in [2.75, 3.05) is 31.4 Å². The first-order valence-electron chi connectivity index (χ1n) is 6.18. The Bertz CT molecular complexity index is 354. The first-order chi connectivity index (χ1) is 8.72. The molecule has 0 amide bonds. The van der Waals surface area contributed by atoms with E-state index in [0.29, 0.717) is 18.8 Å². The molecule has 6 nitrogen and oxygen atoms in total. The van der Waals surface area contributed by atoms with Gasteiger partial charge in [-0.05, 0) is 12.8 Å². The van der Waals surface area contributed by atoms with Gasteiger partial charge in [-0.1, -0.05) is 13.3 Å². The van der Waals surface area contributed by atoms with Gasteiger partial charge in [0, 0.05) is 19.3 Å². The molecule has 0 bridgehead atoms. The average molecular weight is 254 g/mol. The van der Waals surface area contributed by atoms with E-state index >= 15 is 0 Å². The standard InChI is InChI=1S/C12H22N4O2/c1-3-4-10-11(13)14-8-15-12(10)16-9(5-6-17)7-18-2/h8-9,17H,3-7H2,1-2H3,(H3,13,14,15,16). The third kappa shape index (κ3) is 4.12. The molecule has 1 aromatic heterocycles. The summed E-state index contributed by atoms with van der Waals surface area (Å²) in [6.07, 6.45) is 3.85. The molecule has 0 radical (unpaired) electrons. The van der Waals surface area contributed by atoms with E-state index in [9.17, 15) is 0 Å². The van der Waals surface area contributed by atoms with Crippen molar-refractivity contribution < 1.29 is 9.84 Å². The van der Waals surface area contributed by atoms with Crippen LogP contribution in [-0.4, -0.2) is 41.4 Å². The quantitative estimate of drug-likeness (QED) is 0.636. The summed E-state index contributed by atoms with van der Waals surface area (Å²) in [5.41, 5.74) is 6.79. The van der Waals surface area contributed by atoms with Crippen LogP contribution in [0.25, 0.3) is 0 Å². The number of ether oxygens (including phenoxy) is 1. The molecule has 0 aliphatic rings. The van der Waals surface area contributed by atoms with Crippen LogP contribution >= 0.6 is 0 Å². The van der Waals surface area contributed by atoms with Crippen molar-refractivity contribution in [2.24, 2.45) is 0 Å². The summed E-state index contributed by atoms with van der Waals surface area (Å²) in [5.74, 6) is 1.24. The van der Waals surface area contributed by atoms with E-state index in [0.717, 1.165) is 24.2 Å². The number of hydrogen-bond donors (Lipinski definition) is 3. The lowest BCUT2D eigenvalue weighted by Gasteiger charge is -2.19. The molecule has 18 heavy (non-hydrogen) atoms. The van der Waals surface area contributed by atoms with E-state index in [4.69, 9.17) is 15.6 Å². The number of aromatic nitrogens is 2. The summed E-state index contributed by atoms with van der Waals surface area (Å²) >= 11 is 0. The minimum atomic E-state index is 0.0184. The van der Waals surface area contributed by atoms with Gasteiger partial charge in [-0.2, -0.15) is 0 Å². The number of aliphatic hydroxyl groups excluding tert-OH is 1. The Morgan fingerprint density at radius 3 is 2.89 bits per heavy atom. The maximum atomic E-state index is 9.02. The number of nitrogens with one attached hydrogen (secondary N) is 1. The number of anilines is 2. The fraction of sp³-hybridized carbons (Fsp3) is 0.667. The molecule has 1 atom stereocenters. The highest BCUT2D eigenvalue weighted by Crippen LogP contribution is 2.20. The number of methoxy groups -OCH3 is 1. The van der Waals surface area contributed by atoms with Crippen molar-refractivity contribution in [3.05, 3.63) is 11.9 Å². The van der Waals surface area contributed by atoms with Crippen LogP contribution in [0.3, 0.4) is 0 Å². The van der Waals surface area contributed by atoms with Crippen LogP contribution in [0.4, 0.5) is 11.6 Å². The maximum Gasteiger partial charge on any atom is 0.135 e. The fourth-order valence-corrected chi connectivity index (χ4v) is 1.79. The third-order valence-corrected chi connectivity index (χ3v) is 2.66. The monoisotopic (exact) mass is 254 g/mol. The second kappa shape index (κ2) is 7.84. The zero-order valence-corrected chi connectivity index (χ0v) is 11.0. The zero-order valence-electron chi connectivity index (χ0n) is 11.0. The Balaban J connectivity index is 2.83. The highest BCUT2D eigenvalue weighted by molar-refractivity contribution is 5.55. The van der Waals surface area contributed by atoms with Crippen molar-refractivity contribution in [1.82, 2.24) is 9.97 Å². The second-order valence-corrected chi connectivity index (χ2v) is 4.14. The summed E-state index contributed by atoms with van der Waals surface area (Å²) < 4.78 is 5.11. The Morgan fingerprint density at radius 2 is 2.28 bits per heavy atom. The van der Waals surface area contributed by atoms with E-state index in [2.05, 4.69) is 22.2 Å². The number of rotatable bonds is 8. The molecule has 0 aromatic carbocycles. The van der Waals surface area contributed by atoms with E-state index < -0.39 is 0 Å². The molecule has 1 rings (SSSR count). The SMILES string of the molecule is CCCc1c(N)ncnc1NC(CCO)COC. The summed E-state index contributed by atoms with van der Waals surface area (Å²) in [6, 6.07) is 0.0184. The van der Waals surface area contributed by atoms with Crippen LogP contribution in [0.2, 0.25) is 0 Å². The maximum absolute atomic E-state index is 9.02. The number of nitrogen functional groups attached to an aromatic ring is 1. The van der Waals surface area contributed by atoms with Gasteiger partial charge in [0.2, 0.25) is 0 Å². The van der Waals surface area contributed by atoms with Crippen LogP contribution in [0.5, 0.6) is 0 Å². The van der Waals surface area contributed by atoms with Crippen LogP contribution in [0.15, 0.2) is 6.33 Å². The molecule has 6 heteroatoms. The van der Waals surface area contributed by atoms with E-state index in [1.807, 2.05) is 0 Å². The molecule has 0 aliphatic carbocycles. The van der Waals surface area contributed by atoms with Gasteiger partial charge < -0.3 is 20.9 Å². The molecule has 0 spiro atoms. The van der Waals surface area contributed by atoms with E-state index in [1.54, 1.807) is 7.11 Å². The Kier molecular flexibility index (Phi) is 6.38. The van der Waals surface area contributed by atoms with Crippen molar-refractivity contribution in [3.8, 4) is 0 Å². The number of aliphatic hydroxyl groups is 1. The summed E-state index contributed by atoms with van der Waals surface area (Å²) in [5, 5.41) is 12.3. The number of nitrogens with zero attached hydrogens (tertiary/aromatic N) is 2. The normalized spacial score (nSPS) is 12.4. The van der Waals surface area contributed by atoms with Gasteiger partial charge in [0.05, 0.1) is 12.6 Å². The highest BCUT2D eigenvalue weighted by Gasteiger charge is 2.13. The Morgan fingerprint density at radius 1 is 1.50 bits per heavy atom. The minimum Gasteiger partial charge on any atom is -0.396 e. The lowest BCUT2D eigenvalue weighted by Crippen LogP contribution is -2.27. The first-order valence-corrected chi connectivity index (χ1v) is 6.18. The van der Waals surface area contributed by atoms with E-state index in [-0.39, 0.29) is 12.6 Å². The van der Waals surface area contributed by atoms with Crippen molar-refractivity contribution in [1.29, 1.82) is 0 Å². The molecule has 1 unspecified atom stereocenters. The van der Waals surface area contributed by atoms with E-state index in [1.165, 1.54) is 6.33 Å². The molecule has 0 saturated heterocycles. The van der Waals surface area contributed by atoms with Gasteiger partial charge in [0.15, 0.2) is 0 Å². The highest BCUT2D eigenvalue weighted by atomic mass is 16.5. The first kappa shape index (κ1) is 14.7. The number of nitrogens with two attached hydrogens (primary N) is 1. The van der Waals surface area contributed by atoms with Crippen molar-refractivity contribution in [3.63, 3.8) is 0 Å². The molecular weight excluding hydrogens is 232 g/mol. The Hall–Kier alpha value is -1.40. The largest absolute Gasteiger partial charge is 0.396 e. The van der Waals surface area contributed by atoms with Crippen LogP contribution in [-0.2, 0) is 11.2 Å². The molecule has 0 saturated carbocycles. The second-order valence-electron chi connectivity index (χ2n) is 4.14. The molecule has 1 aromatic rings. The molecule has 4 N–H and O–H groups in total. The van der Waals surface area contributed by atoms with Crippen molar-refractivity contribution in [2.45, 2.75) is 32.2 Å². The van der Waals surface area contributed by atoms with Gasteiger partial charge in [0.1, 0.15) is 18.0 Å². The molecule has 102 valence electrons. The molecule has 1 heterocycles. The topological polar surface area (TPSA) is 93.3 Å². The van der Waals surface area contributed by atoms with Gasteiger partial charge in [-0.15, -0.1) is 0 Å². The summed E-state index contributed by atoms with van der Waals surface area (Å²) in [7, 11) is 1.63. The predicted octanol–water partition coefficient (Wildman–Crippen LogP) is 0.821. The summed E-state index contributed by atoms with van der Waals surface area (Å²) in [4.78, 5) is 8.23. The molecular formula is C12H22N4O2. The molecule has 0 fully saturated rings. The predicted molar refractivity (Wildman–Crippen MR) is 71.4 cm³/mol. The van der Waals surface area contributed by atoms with Gasteiger partial charge >= 0.3 is 0 Å². The Labute approximate surface area is 108 Å². The number of hydrogen-bond acceptors (Lipinski definition) is 6.